The molecule has 142 valence electrons. The predicted octanol–water partition coefficient (Wildman–Crippen LogP) is 3.38. The number of para-hydroxylation sites is 1. The molecule has 4 aromatic rings. The molecule has 2 aromatic carbocycles. The van der Waals surface area contributed by atoms with Crippen LogP contribution in [0.2, 0.25) is 0 Å². The maximum absolute atomic E-state index is 12.5. The van der Waals surface area contributed by atoms with Crippen molar-refractivity contribution in [2.75, 3.05) is 7.11 Å². The van der Waals surface area contributed by atoms with Crippen molar-refractivity contribution in [2.24, 2.45) is 0 Å². The topological polar surface area (TPSA) is 84.8 Å². The van der Waals surface area contributed by atoms with Crippen molar-refractivity contribution in [3.8, 4) is 17.0 Å². The molecule has 4 rings (SSSR count). The van der Waals surface area contributed by atoms with Crippen molar-refractivity contribution in [1.82, 2.24) is 25.3 Å². The van der Waals surface area contributed by atoms with E-state index in [2.05, 4.69) is 20.6 Å². The maximum Gasteiger partial charge on any atom is 0.269 e. The molecule has 0 fully saturated rings. The number of methoxy groups -OCH3 is 1. The molecular formula is C21H21N5O2. The lowest BCUT2D eigenvalue weighted by atomic mass is 10.1. The Morgan fingerprint density at radius 2 is 1.96 bits per heavy atom. The molecule has 0 saturated carbocycles. The van der Waals surface area contributed by atoms with Crippen molar-refractivity contribution in [3.05, 3.63) is 66.0 Å². The summed E-state index contributed by atoms with van der Waals surface area (Å²) in [6.07, 6.45) is 0. The molecule has 0 aliphatic heterocycles. The Labute approximate surface area is 162 Å². The number of nitrogens with zero attached hydrogens (tertiary/aromatic N) is 3. The molecule has 0 saturated heterocycles. The number of aromatic amines is 1. The largest absolute Gasteiger partial charge is 0.497 e. The van der Waals surface area contributed by atoms with Gasteiger partial charge in [0.2, 0.25) is 0 Å². The summed E-state index contributed by atoms with van der Waals surface area (Å²) < 4.78 is 7.10. The molecular weight excluding hydrogens is 354 g/mol. The molecule has 0 aliphatic carbocycles. The van der Waals surface area contributed by atoms with Crippen molar-refractivity contribution in [2.45, 2.75) is 20.0 Å². The van der Waals surface area contributed by atoms with Crippen LogP contribution >= 0.6 is 0 Å². The van der Waals surface area contributed by atoms with E-state index in [1.54, 1.807) is 13.2 Å². The minimum atomic E-state index is -0.220. The average molecular weight is 375 g/mol. The van der Waals surface area contributed by atoms with Crippen LogP contribution in [0.1, 0.15) is 23.1 Å². The van der Waals surface area contributed by atoms with Gasteiger partial charge in [0.15, 0.2) is 0 Å². The first kappa shape index (κ1) is 17.8. The zero-order valence-corrected chi connectivity index (χ0v) is 15.8. The normalized spacial score (nSPS) is 10.9. The van der Waals surface area contributed by atoms with E-state index in [1.807, 2.05) is 60.1 Å². The van der Waals surface area contributed by atoms with Gasteiger partial charge in [-0.15, -0.1) is 0 Å². The van der Waals surface area contributed by atoms with Gasteiger partial charge in [0, 0.05) is 17.5 Å². The first-order chi connectivity index (χ1) is 13.7. The zero-order chi connectivity index (χ0) is 19.5. The Bertz CT molecular complexity index is 1110. The van der Waals surface area contributed by atoms with Crippen LogP contribution in [0, 0.1) is 0 Å². The van der Waals surface area contributed by atoms with Crippen LogP contribution < -0.4 is 10.1 Å². The molecule has 7 nitrogen and oxygen atoms in total. The van der Waals surface area contributed by atoms with Crippen molar-refractivity contribution < 1.29 is 9.53 Å². The van der Waals surface area contributed by atoms with Crippen LogP contribution in [0.15, 0.2) is 54.6 Å². The fraction of sp³-hybridized carbons (Fsp3) is 0.190. The number of aryl methyl sites for hydroxylation is 1. The molecule has 7 heteroatoms. The summed E-state index contributed by atoms with van der Waals surface area (Å²) in [7, 11) is 1.62. The lowest BCUT2D eigenvalue weighted by Crippen LogP contribution is -2.23. The fourth-order valence-electron chi connectivity index (χ4n) is 3.17. The second kappa shape index (κ2) is 7.56. The minimum absolute atomic E-state index is 0.220. The van der Waals surface area contributed by atoms with E-state index in [4.69, 9.17) is 4.74 Å². The summed E-state index contributed by atoms with van der Waals surface area (Å²) >= 11 is 0. The molecule has 2 heterocycles. The molecule has 0 radical (unpaired) electrons. The highest BCUT2D eigenvalue weighted by atomic mass is 16.5. The van der Waals surface area contributed by atoms with Gasteiger partial charge in [0.25, 0.3) is 5.91 Å². The highest BCUT2D eigenvalue weighted by Gasteiger charge is 2.14. The van der Waals surface area contributed by atoms with Gasteiger partial charge in [0.1, 0.15) is 11.4 Å². The molecule has 28 heavy (non-hydrogen) atoms. The van der Waals surface area contributed by atoms with Crippen LogP contribution in [0.3, 0.4) is 0 Å². The number of carbonyl (C=O) groups is 1. The SMILES string of the molecule is CCn1nc(CNC(=O)c2cc(-c3ccc(OC)cc3)n[nH]2)c2ccccc21. The summed E-state index contributed by atoms with van der Waals surface area (Å²) in [6, 6.07) is 17.3. The Morgan fingerprint density at radius 1 is 1.18 bits per heavy atom. The first-order valence-electron chi connectivity index (χ1n) is 9.12. The van der Waals surface area contributed by atoms with Gasteiger partial charge in [-0.3, -0.25) is 14.6 Å². The number of carbonyl (C=O) groups excluding carboxylic acids is 1. The maximum atomic E-state index is 12.5. The van der Waals surface area contributed by atoms with Crippen LogP contribution in [0.5, 0.6) is 5.75 Å². The van der Waals surface area contributed by atoms with Crippen molar-refractivity contribution in [1.29, 1.82) is 0 Å². The standard InChI is InChI=1S/C21H21N5O2/c1-3-26-20-7-5-4-6-16(20)19(25-26)13-22-21(27)18-12-17(23-24-18)14-8-10-15(28-2)11-9-14/h4-12H,3,13H2,1-2H3,(H,22,27)(H,23,24). The summed E-state index contributed by atoms with van der Waals surface area (Å²) in [6.45, 7) is 3.18. The lowest BCUT2D eigenvalue weighted by Gasteiger charge is -2.01. The number of ether oxygens (including phenoxy) is 1. The van der Waals surface area contributed by atoms with E-state index >= 15 is 0 Å². The third-order valence-electron chi connectivity index (χ3n) is 4.66. The van der Waals surface area contributed by atoms with Crippen molar-refractivity contribution in [3.63, 3.8) is 0 Å². The van der Waals surface area contributed by atoms with Gasteiger partial charge < -0.3 is 10.1 Å². The second-order valence-electron chi connectivity index (χ2n) is 6.36. The Kier molecular flexibility index (Phi) is 4.80. The van der Waals surface area contributed by atoms with Gasteiger partial charge >= 0.3 is 0 Å². The molecule has 1 amide bonds. The van der Waals surface area contributed by atoms with E-state index in [0.29, 0.717) is 17.9 Å². The Morgan fingerprint density at radius 3 is 2.71 bits per heavy atom. The number of H-pyrrole nitrogens is 1. The summed E-state index contributed by atoms with van der Waals surface area (Å²) in [5.74, 6) is 0.554. The number of benzene rings is 2. The number of amides is 1. The summed E-state index contributed by atoms with van der Waals surface area (Å²) in [5, 5.41) is 15.6. The van der Waals surface area contributed by atoms with Crippen LogP contribution in [-0.2, 0) is 13.1 Å². The van der Waals surface area contributed by atoms with E-state index < -0.39 is 0 Å². The molecule has 2 N–H and O–H groups in total. The van der Waals surface area contributed by atoms with Gasteiger partial charge in [-0.05, 0) is 43.3 Å². The zero-order valence-electron chi connectivity index (χ0n) is 15.8. The Balaban J connectivity index is 1.48. The molecule has 0 aliphatic rings. The number of fused-ring (bicyclic) bond motifs is 1. The molecule has 0 bridgehead atoms. The van der Waals surface area contributed by atoms with Crippen LogP contribution in [-0.4, -0.2) is 33.0 Å². The second-order valence-corrected chi connectivity index (χ2v) is 6.36. The molecule has 0 spiro atoms. The third kappa shape index (κ3) is 3.34. The highest BCUT2D eigenvalue weighted by Crippen LogP contribution is 2.21. The first-order valence-corrected chi connectivity index (χ1v) is 9.12. The average Bonchev–Trinajstić information content (AvgIpc) is 3.37. The van der Waals surface area contributed by atoms with Gasteiger partial charge in [-0.1, -0.05) is 18.2 Å². The molecule has 2 aromatic heterocycles. The number of hydrogen-bond donors (Lipinski definition) is 2. The number of rotatable bonds is 6. The lowest BCUT2D eigenvalue weighted by molar-refractivity contribution is 0.0945. The monoisotopic (exact) mass is 375 g/mol. The van der Waals surface area contributed by atoms with Crippen LogP contribution in [0.25, 0.3) is 22.2 Å². The molecule has 0 unspecified atom stereocenters. The predicted molar refractivity (Wildman–Crippen MR) is 107 cm³/mol. The summed E-state index contributed by atoms with van der Waals surface area (Å²) in [5.41, 5.74) is 3.93. The van der Waals surface area contributed by atoms with E-state index in [9.17, 15) is 4.79 Å². The fourth-order valence-corrected chi connectivity index (χ4v) is 3.17. The van der Waals surface area contributed by atoms with Gasteiger partial charge in [0.05, 0.1) is 30.6 Å². The number of hydrogen-bond acceptors (Lipinski definition) is 4. The minimum Gasteiger partial charge on any atom is -0.497 e. The van der Waals surface area contributed by atoms with E-state index in [0.717, 1.165) is 34.5 Å². The summed E-state index contributed by atoms with van der Waals surface area (Å²) in [4.78, 5) is 12.5. The quantitative estimate of drug-likeness (QED) is 0.541. The number of aromatic nitrogens is 4. The van der Waals surface area contributed by atoms with Gasteiger partial charge in [-0.25, -0.2) is 0 Å². The van der Waals surface area contributed by atoms with Crippen molar-refractivity contribution >= 4 is 16.8 Å². The third-order valence-corrected chi connectivity index (χ3v) is 4.66. The van der Waals surface area contributed by atoms with Crippen LogP contribution in [0.4, 0.5) is 0 Å². The Hall–Kier alpha value is -3.61. The van der Waals surface area contributed by atoms with E-state index in [-0.39, 0.29) is 5.91 Å². The highest BCUT2D eigenvalue weighted by molar-refractivity contribution is 5.93. The molecule has 0 atom stereocenters. The number of nitrogens with one attached hydrogen (secondary N) is 2. The van der Waals surface area contributed by atoms with Gasteiger partial charge in [-0.2, -0.15) is 10.2 Å². The smallest absolute Gasteiger partial charge is 0.269 e. The van der Waals surface area contributed by atoms with E-state index in [1.165, 1.54) is 0 Å².